The Bertz CT molecular complexity index is 1690. The lowest BCUT2D eigenvalue weighted by atomic mass is 9.66. The summed E-state index contributed by atoms with van der Waals surface area (Å²) in [6.07, 6.45) is 9.28. The van der Waals surface area contributed by atoms with E-state index in [-0.39, 0.29) is 48.5 Å². The second kappa shape index (κ2) is 23.6. The zero-order chi connectivity index (χ0) is 45.9. The van der Waals surface area contributed by atoms with Crippen molar-refractivity contribution in [2.45, 2.75) is 179 Å². The molecule has 13 nitrogen and oxygen atoms in total. The van der Waals surface area contributed by atoms with E-state index in [0.29, 0.717) is 120 Å². The molecule has 0 aromatic heterocycles. The number of phenolic OH excluding ortho intramolecular Hbond substituents is 1. The first-order valence-corrected chi connectivity index (χ1v) is 27.0. The molecule has 0 spiro atoms. The summed E-state index contributed by atoms with van der Waals surface area (Å²) in [5.41, 5.74) is -0.895. The maximum absolute atomic E-state index is 15.2. The first-order valence-electron chi connectivity index (χ1n) is 24.5. The fourth-order valence-corrected chi connectivity index (χ4v) is 14.1. The van der Waals surface area contributed by atoms with Crippen molar-refractivity contribution in [1.82, 2.24) is 16.0 Å². The molecule has 9 unspecified atom stereocenters. The van der Waals surface area contributed by atoms with E-state index in [0.717, 1.165) is 49.8 Å². The molecule has 1 aliphatic carbocycles. The van der Waals surface area contributed by atoms with Gasteiger partial charge in [-0.05, 0) is 152 Å². The molecule has 4 fully saturated rings. The van der Waals surface area contributed by atoms with Gasteiger partial charge in [0, 0.05) is 54.9 Å². The second-order valence-electron chi connectivity index (χ2n) is 20.6. The number of piperidine rings is 2. The van der Waals surface area contributed by atoms with E-state index in [2.05, 4.69) is 29.8 Å². The maximum atomic E-state index is 15.2. The molecule has 15 heteroatoms. The van der Waals surface area contributed by atoms with Crippen molar-refractivity contribution in [2.24, 2.45) is 29.1 Å². The summed E-state index contributed by atoms with van der Waals surface area (Å²) < 4.78 is 19.6. The minimum atomic E-state index is -1.14. The van der Waals surface area contributed by atoms with Crippen molar-refractivity contribution < 1.29 is 49.0 Å². The third-order valence-corrected chi connectivity index (χ3v) is 17.8. The van der Waals surface area contributed by atoms with Crippen molar-refractivity contribution in [2.75, 3.05) is 44.4 Å². The van der Waals surface area contributed by atoms with Crippen LogP contribution in [0, 0.1) is 29.1 Å². The summed E-state index contributed by atoms with van der Waals surface area (Å²) >= 11 is 0. The van der Waals surface area contributed by atoms with Gasteiger partial charge in [0.15, 0.2) is 11.5 Å². The monoisotopic (exact) mass is 934 g/mol. The van der Waals surface area contributed by atoms with E-state index in [4.69, 9.17) is 14.2 Å². The van der Waals surface area contributed by atoms with Crippen LogP contribution >= 0.6 is 21.6 Å². The largest absolute Gasteiger partial charge is 0.504 e. The van der Waals surface area contributed by atoms with Crippen LogP contribution in [0.2, 0.25) is 0 Å². The van der Waals surface area contributed by atoms with Crippen LogP contribution in [0.15, 0.2) is 12.1 Å². The smallest absolute Gasteiger partial charge is 0.332 e. The van der Waals surface area contributed by atoms with Crippen LogP contribution < -0.4 is 20.7 Å². The molecule has 1 saturated carbocycles. The number of carbonyl (C=O) groups excluding carboxylic acids is 3. The highest BCUT2D eigenvalue weighted by Gasteiger charge is 2.54. The van der Waals surface area contributed by atoms with E-state index >= 15 is 4.79 Å². The number of hydrogen-bond acceptors (Lipinski definition) is 14. The van der Waals surface area contributed by atoms with Crippen LogP contribution in [0.1, 0.15) is 142 Å². The van der Waals surface area contributed by atoms with Crippen LogP contribution in [0.4, 0.5) is 0 Å². The molecule has 362 valence electrons. The molecule has 4 aliphatic heterocycles. The number of carbonyl (C=O) groups is 3. The topological polar surface area (TPSA) is 196 Å². The Balaban J connectivity index is 1.38. The number of fused-ring (bicyclic) bond motifs is 2. The van der Waals surface area contributed by atoms with Crippen molar-refractivity contribution in [1.29, 1.82) is 0 Å². The van der Waals surface area contributed by atoms with Gasteiger partial charge in [0.25, 0.3) is 0 Å². The Labute approximate surface area is 389 Å². The van der Waals surface area contributed by atoms with Gasteiger partial charge in [-0.3, -0.25) is 9.59 Å². The van der Waals surface area contributed by atoms with Gasteiger partial charge in [-0.2, -0.15) is 0 Å². The molecule has 3 saturated heterocycles. The summed E-state index contributed by atoms with van der Waals surface area (Å²) in [7, 11) is 3.29. The molecular formula is C49H79N3O10S2. The van der Waals surface area contributed by atoms with E-state index in [9.17, 15) is 30.0 Å². The second-order valence-corrected chi connectivity index (χ2v) is 23.1. The van der Waals surface area contributed by atoms with Crippen molar-refractivity contribution in [3.8, 4) is 11.5 Å². The van der Waals surface area contributed by atoms with E-state index in [1.54, 1.807) is 27.7 Å². The van der Waals surface area contributed by atoms with Gasteiger partial charge in [0.2, 0.25) is 5.91 Å². The minimum Gasteiger partial charge on any atom is -0.504 e. The highest BCUT2D eigenvalue weighted by Crippen LogP contribution is 2.48. The van der Waals surface area contributed by atoms with Gasteiger partial charge < -0.3 is 50.6 Å². The van der Waals surface area contributed by atoms with Gasteiger partial charge in [-0.15, -0.1) is 0 Å². The molecule has 7 N–H and O–H groups in total. The average molecular weight is 934 g/mol. The van der Waals surface area contributed by atoms with Gasteiger partial charge >= 0.3 is 11.9 Å². The number of esters is 2. The number of aliphatic hydroxyl groups is 3. The standard InChI is InChI=1S/C49H79N3O10S2/c1-32(2)8-7-22-51-39-30-63-64-31-47(4,59)19-16-35(10-13-40(39)55)42(61-33(3)54)27-43(62-46(58)49-18-6-5-9-37(49)12-15-44(57)52-49)48(20-23-50-24-21-48)28-36-11-14-41(56)45-38(36)26-34(17-25-53)29-60-45/h11,14,32,34-35,37,39-40,42-43,50-51,53,55-56,59H,5-10,12-13,15-31H2,1-4H3,(H,52,57). The van der Waals surface area contributed by atoms with Crippen molar-refractivity contribution in [3.63, 3.8) is 0 Å². The summed E-state index contributed by atoms with van der Waals surface area (Å²) in [6, 6.07) is 3.47. The average Bonchev–Trinajstić information content (AvgIpc) is 3.26. The summed E-state index contributed by atoms with van der Waals surface area (Å²) in [5, 5.41) is 54.7. The summed E-state index contributed by atoms with van der Waals surface area (Å²) in [6.45, 7) is 10.3. The van der Waals surface area contributed by atoms with Crippen LogP contribution in [0.3, 0.4) is 0 Å². The van der Waals surface area contributed by atoms with Crippen molar-refractivity contribution >= 4 is 39.4 Å². The lowest BCUT2D eigenvalue weighted by molar-refractivity contribution is -0.180. The van der Waals surface area contributed by atoms with Gasteiger partial charge in [-0.1, -0.05) is 54.3 Å². The molecule has 1 aromatic carbocycles. The summed E-state index contributed by atoms with van der Waals surface area (Å²) in [5.74, 6) is 1.05. The Morgan fingerprint density at radius 3 is 2.58 bits per heavy atom. The lowest BCUT2D eigenvalue weighted by Gasteiger charge is -2.49. The number of phenols is 1. The van der Waals surface area contributed by atoms with Gasteiger partial charge in [0.1, 0.15) is 17.7 Å². The van der Waals surface area contributed by atoms with Gasteiger partial charge in [0.05, 0.1) is 18.3 Å². The zero-order valence-corrected chi connectivity index (χ0v) is 40.6. The fourth-order valence-electron chi connectivity index (χ4n) is 11.3. The SMILES string of the molecule is CC(=O)OC(CC(OC(=O)C12CCCCC1CCC(=O)N2)C1(Cc2ccc(O)c3c2CC(CCO)CO3)CCNCC1)C1CCC(O)C(NCCCC(C)C)CSSCC(C)(O)CC1. The molecule has 64 heavy (non-hydrogen) atoms. The van der Waals surface area contributed by atoms with E-state index in [1.165, 1.54) is 6.92 Å². The predicted octanol–water partition coefficient (Wildman–Crippen LogP) is 6.39. The van der Waals surface area contributed by atoms with Crippen LogP contribution in [-0.2, 0) is 36.7 Å². The Morgan fingerprint density at radius 1 is 1.03 bits per heavy atom. The Morgan fingerprint density at radius 2 is 1.83 bits per heavy atom. The Hall–Kier alpha value is -2.27. The fraction of sp³-hybridized carbons (Fsp3) is 0.816. The number of amides is 1. The molecule has 0 bridgehead atoms. The third kappa shape index (κ3) is 13.5. The number of ether oxygens (including phenoxy) is 3. The lowest BCUT2D eigenvalue weighted by Crippen LogP contribution is -2.65. The molecular weight excluding hydrogens is 855 g/mol. The molecule has 1 amide bonds. The van der Waals surface area contributed by atoms with Crippen molar-refractivity contribution in [3.05, 3.63) is 23.3 Å². The van der Waals surface area contributed by atoms with E-state index < -0.39 is 46.8 Å². The normalized spacial score (nSPS) is 31.1. The molecule has 4 heterocycles. The van der Waals surface area contributed by atoms with Crippen LogP contribution in [-0.4, -0.2) is 118 Å². The third-order valence-electron chi connectivity index (χ3n) is 15.1. The molecule has 6 rings (SSSR count). The predicted molar refractivity (Wildman–Crippen MR) is 252 cm³/mol. The number of nitrogens with one attached hydrogen (secondary N) is 3. The Kier molecular flexibility index (Phi) is 18.9. The van der Waals surface area contributed by atoms with E-state index in [1.807, 2.05) is 13.0 Å². The summed E-state index contributed by atoms with van der Waals surface area (Å²) in [4.78, 5) is 41.6. The van der Waals surface area contributed by atoms with Crippen LogP contribution in [0.25, 0.3) is 0 Å². The first kappa shape index (κ1) is 51.1. The molecule has 9 atom stereocenters. The highest BCUT2D eigenvalue weighted by molar-refractivity contribution is 8.76. The molecule has 1 aromatic rings. The number of hydrogen-bond donors (Lipinski definition) is 7. The highest BCUT2D eigenvalue weighted by atomic mass is 33.1. The number of rotatable bonds is 16. The molecule has 0 radical (unpaired) electrons. The number of aliphatic hydroxyl groups excluding tert-OH is 2. The molecule has 5 aliphatic rings. The van der Waals surface area contributed by atoms with Gasteiger partial charge in [-0.25, -0.2) is 4.79 Å². The maximum Gasteiger partial charge on any atom is 0.332 e. The minimum absolute atomic E-state index is 0.0306. The quantitative estimate of drug-likeness (QED) is 0.0548. The first-order chi connectivity index (χ1) is 30.6. The number of aromatic hydroxyl groups is 1. The zero-order valence-electron chi connectivity index (χ0n) is 39.0. The van der Waals surface area contributed by atoms with Crippen LogP contribution in [0.5, 0.6) is 11.5 Å². The number of benzene rings is 1.